The van der Waals surface area contributed by atoms with Gasteiger partial charge in [0.25, 0.3) is 0 Å². The zero-order chi connectivity index (χ0) is 14.5. The summed E-state index contributed by atoms with van der Waals surface area (Å²) in [6.07, 6.45) is -4.20. The van der Waals surface area contributed by atoms with E-state index in [0.29, 0.717) is 12.2 Å². The number of benzene rings is 1. The first-order valence-electron chi connectivity index (χ1n) is 6.30. The summed E-state index contributed by atoms with van der Waals surface area (Å²) in [7, 11) is 1.58. The molecule has 0 aliphatic carbocycles. The minimum Gasteiger partial charge on any atom is -0.495 e. The van der Waals surface area contributed by atoms with Crippen LogP contribution in [0, 0.1) is 6.92 Å². The molecule has 0 radical (unpaired) electrons. The Bertz CT molecular complexity index is 404. The van der Waals surface area contributed by atoms with E-state index in [9.17, 15) is 13.2 Å². The monoisotopic (exact) mass is 275 g/mol. The first-order chi connectivity index (χ1) is 8.81. The van der Waals surface area contributed by atoms with E-state index in [0.717, 1.165) is 11.3 Å². The van der Waals surface area contributed by atoms with Gasteiger partial charge in [0, 0.05) is 12.5 Å². The number of aryl methyl sites for hydroxylation is 1. The van der Waals surface area contributed by atoms with Gasteiger partial charge < -0.3 is 10.1 Å². The SMILES string of the molecule is COc1cc(C)ccc1NC(C)CCCC(F)(F)F. The summed E-state index contributed by atoms with van der Waals surface area (Å²) < 4.78 is 41.4. The Morgan fingerprint density at radius 3 is 2.58 bits per heavy atom. The second-order valence-electron chi connectivity index (χ2n) is 4.76. The molecule has 1 N–H and O–H groups in total. The maximum atomic E-state index is 12.1. The van der Waals surface area contributed by atoms with Crippen molar-refractivity contribution in [2.45, 2.75) is 45.3 Å². The maximum Gasteiger partial charge on any atom is 0.389 e. The van der Waals surface area contributed by atoms with Gasteiger partial charge in [-0.1, -0.05) is 6.07 Å². The van der Waals surface area contributed by atoms with E-state index in [1.54, 1.807) is 7.11 Å². The topological polar surface area (TPSA) is 21.3 Å². The highest BCUT2D eigenvalue weighted by molar-refractivity contribution is 5.58. The van der Waals surface area contributed by atoms with Gasteiger partial charge in [0.05, 0.1) is 12.8 Å². The summed E-state index contributed by atoms with van der Waals surface area (Å²) in [6, 6.07) is 5.69. The zero-order valence-corrected chi connectivity index (χ0v) is 11.5. The van der Waals surface area contributed by atoms with E-state index < -0.39 is 12.6 Å². The minimum absolute atomic E-state index is 0.0287. The lowest BCUT2D eigenvalue weighted by Crippen LogP contribution is -2.17. The van der Waals surface area contributed by atoms with Gasteiger partial charge in [-0.3, -0.25) is 0 Å². The third kappa shape index (κ3) is 5.85. The van der Waals surface area contributed by atoms with E-state index in [-0.39, 0.29) is 12.5 Å². The van der Waals surface area contributed by atoms with E-state index in [1.807, 2.05) is 32.0 Å². The van der Waals surface area contributed by atoms with Crippen LogP contribution in [-0.2, 0) is 0 Å². The molecule has 0 amide bonds. The van der Waals surface area contributed by atoms with E-state index in [2.05, 4.69) is 5.32 Å². The van der Waals surface area contributed by atoms with Crippen molar-refractivity contribution < 1.29 is 17.9 Å². The van der Waals surface area contributed by atoms with Crippen LogP contribution in [0.15, 0.2) is 18.2 Å². The van der Waals surface area contributed by atoms with E-state index in [4.69, 9.17) is 4.74 Å². The van der Waals surface area contributed by atoms with Gasteiger partial charge >= 0.3 is 6.18 Å². The fourth-order valence-corrected chi connectivity index (χ4v) is 1.86. The molecular formula is C14H20F3NO. The Morgan fingerprint density at radius 2 is 2.00 bits per heavy atom. The number of nitrogens with one attached hydrogen (secondary N) is 1. The van der Waals surface area contributed by atoms with Gasteiger partial charge in [-0.05, 0) is 44.4 Å². The molecule has 0 spiro atoms. The van der Waals surface area contributed by atoms with Crippen LogP contribution in [0.4, 0.5) is 18.9 Å². The number of anilines is 1. The zero-order valence-electron chi connectivity index (χ0n) is 11.5. The van der Waals surface area contributed by atoms with Gasteiger partial charge in [-0.15, -0.1) is 0 Å². The van der Waals surface area contributed by atoms with E-state index in [1.165, 1.54) is 0 Å². The molecule has 1 atom stereocenters. The summed E-state index contributed by atoms with van der Waals surface area (Å²) in [5.41, 5.74) is 1.89. The van der Waals surface area contributed by atoms with Crippen LogP contribution in [0.3, 0.4) is 0 Å². The maximum absolute atomic E-state index is 12.1. The van der Waals surface area contributed by atoms with Gasteiger partial charge in [0.2, 0.25) is 0 Å². The number of hydrogen-bond acceptors (Lipinski definition) is 2. The van der Waals surface area contributed by atoms with Crippen molar-refractivity contribution in [3.63, 3.8) is 0 Å². The second-order valence-corrected chi connectivity index (χ2v) is 4.76. The van der Waals surface area contributed by atoms with Crippen molar-refractivity contribution in [1.82, 2.24) is 0 Å². The molecule has 1 aromatic rings. The number of rotatable bonds is 6. The van der Waals surface area contributed by atoms with E-state index >= 15 is 0 Å². The van der Waals surface area contributed by atoms with Crippen molar-refractivity contribution in [2.24, 2.45) is 0 Å². The van der Waals surface area contributed by atoms with Crippen molar-refractivity contribution >= 4 is 5.69 Å². The molecule has 108 valence electrons. The third-order valence-corrected chi connectivity index (χ3v) is 2.86. The third-order valence-electron chi connectivity index (χ3n) is 2.86. The van der Waals surface area contributed by atoms with Gasteiger partial charge in [0.1, 0.15) is 5.75 Å². The molecule has 0 heterocycles. The summed E-state index contributed by atoms with van der Waals surface area (Å²) in [5, 5.41) is 3.18. The molecule has 0 saturated heterocycles. The number of methoxy groups -OCH3 is 1. The number of alkyl halides is 3. The lowest BCUT2D eigenvalue weighted by Gasteiger charge is -2.18. The van der Waals surface area contributed by atoms with Crippen LogP contribution in [0.25, 0.3) is 0 Å². The Hall–Kier alpha value is -1.39. The first kappa shape index (κ1) is 15.7. The smallest absolute Gasteiger partial charge is 0.389 e. The average molecular weight is 275 g/mol. The molecule has 1 rings (SSSR count). The molecule has 0 bridgehead atoms. The van der Waals surface area contributed by atoms with Gasteiger partial charge in [-0.25, -0.2) is 0 Å². The molecule has 5 heteroatoms. The summed E-state index contributed by atoms with van der Waals surface area (Å²) in [5.74, 6) is 0.711. The molecule has 1 unspecified atom stereocenters. The highest BCUT2D eigenvalue weighted by Gasteiger charge is 2.26. The largest absolute Gasteiger partial charge is 0.495 e. The van der Waals surface area contributed by atoms with Crippen LogP contribution in [0.1, 0.15) is 31.7 Å². The molecule has 0 fully saturated rings. The molecule has 0 aliphatic rings. The van der Waals surface area contributed by atoms with Gasteiger partial charge in [0.15, 0.2) is 0 Å². The Kier molecular flexibility index (Phi) is 5.51. The van der Waals surface area contributed by atoms with Crippen LogP contribution < -0.4 is 10.1 Å². The quantitative estimate of drug-likeness (QED) is 0.823. The number of halogens is 3. The summed E-state index contributed by atoms with van der Waals surface area (Å²) in [6.45, 7) is 3.83. The van der Waals surface area contributed by atoms with Crippen LogP contribution in [0.5, 0.6) is 5.75 Å². The first-order valence-corrected chi connectivity index (χ1v) is 6.30. The highest BCUT2D eigenvalue weighted by Crippen LogP contribution is 2.27. The van der Waals surface area contributed by atoms with Crippen molar-refractivity contribution in [3.8, 4) is 5.75 Å². The predicted molar refractivity (Wildman–Crippen MR) is 70.7 cm³/mol. The Morgan fingerprint density at radius 1 is 1.32 bits per heavy atom. The molecule has 0 saturated carbocycles. The molecule has 1 aromatic carbocycles. The Balaban J connectivity index is 2.50. The lowest BCUT2D eigenvalue weighted by atomic mass is 10.1. The van der Waals surface area contributed by atoms with Crippen molar-refractivity contribution in [2.75, 3.05) is 12.4 Å². The normalized spacial score (nSPS) is 13.2. The number of ether oxygens (including phenoxy) is 1. The number of hydrogen-bond donors (Lipinski definition) is 1. The van der Waals surface area contributed by atoms with Crippen molar-refractivity contribution in [3.05, 3.63) is 23.8 Å². The highest BCUT2D eigenvalue weighted by atomic mass is 19.4. The fourth-order valence-electron chi connectivity index (χ4n) is 1.86. The molecule has 0 aliphatic heterocycles. The van der Waals surface area contributed by atoms with Crippen LogP contribution >= 0.6 is 0 Å². The molecule has 19 heavy (non-hydrogen) atoms. The minimum atomic E-state index is -4.07. The summed E-state index contributed by atoms with van der Waals surface area (Å²) in [4.78, 5) is 0. The van der Waals surface area contributed by atoms with Crippen molar-refractivity contribution in [1.29, 1.82) is 0 Å². The Labute approximate surface area is 112 Å². The second kappa shape index (κ2) is 6.68. The van der Waals surface area contributed by atoms with Gasteiger partial charge in [-0.2, -0.15) is 13.2 Å². The average Bonchev–Trinajstić information content (AvgIpc) is 2.29. The van der Waals surface area contributed by atoms with Crippen LogP contribution in [-0.4, -0.2) is 19.3 Å². The fraction of sp³-hybridized carbons (Fsp3) is 0.571. The molecular weight excluding hydrogens is 255 g/mol. The summed E-state index contributed by atoms with van der Waals surface area (Å²) >= 11 is 0. The standard InChI is InChI=1S/C14H20F3NO/c1-10-6-7-12(13(9-10)19-3)18-11(2)5-4-8-14(15,16)17/h6-7,9,11,18H,4-5,8H2,1-3H3. The molecule has 2 nitrogen and oxygen atoms in total. The molecule has 0 aromatic heterocycles. The predicted octanol–water partition coefficient (Wildman–Crippen LogP) is 4.54. The van der Waals surface area contributed by atoms with Crippen LogP contribution in [0.2, 0.25) is 0 Å². The lowest BCUT2D eigenvalue weighted by molar-refractivity contribution is -0.135.